The number of hydrogen-bond acceptors (Lipinski definition) is 3. The smallest absolute Gasteiger partial charge is 0.255 e. The number of unbranched alkanes of at least 4 members (excludes halogenated alkanes) is 1. The number of hydrogen-bond donors (Lipinski definition) is 1. The molecule has 0 aliphatic carbocycles. The summed E-state index contributed by atoms with van der Waals surface area (Å²) < 4.78 is 5.38. The summed E-state index contributed by atoms with van der Waals surface area (Å²) >= 11 is 0. The first-order valence-electron chi connectivity index (χ1n) is 8.95. The topological polar surface area (TPSA) is 58.6 Å². The maximum absolute atomic E-state index is 12.3. The fourth-order valence-electron chi connectivity index (χ4n) is 2.49. The van der Waals surface area contributed by atoms with Gasteiger partial charge in [0.25, 0.3) is 11.8 Å². The van der Waals surface area contributed by atoms with Gasteiger partial charge in [0.1, 0.15) is 5.75 Å². The van der Waals surface area contributed by atoms with Crippen molar-refractivity contribution >= 4 is 17.5 Å². The molecule has 0 unspecified atom stereocenters. The van der Waals surface area contributed by atoms with Gasteiger partial charge in [0.05, 0.1) is 6.61 Å². The Morgan fingerprint density at radius 1 is 0.962 bits per heavy atom. The molecule has 0 radical (unpaired) electrons. The number of anilines is 1. The lowest BCUT2D eigenvalue weighted by atomic mass is 10.1. The summed E-state index contributed by atoms with van der Waals surface area (Å²) in [5, 5.41) is 2.84. The quantitative estimate of drug-likeness (QED) is 0.772. The second kappa shape index (κ2) is 9.61. The Balaban J connectivity index is 1.98. The summed E-state index contributed by atoms with van der Waals surface area (Å²) in [6.07, 6.45) is 2.02. The highest BCUT2D eigenvalue weighted by atomic mass is 16.5. The van der Waals surface area contributed by atoms with Crippen molar-refractivity contribution in [3.05, 3.63) is 59.7 Å². The molecule has 2 aromatic rings. The number of nitrogens with zero attached hydrogens (tertiary/aromatic N) is 1. The lowest BCUT2D eigenvalue weighted by molar-refractivity contribution is 0.0792. The van der Waals surface area contributed by atoms with Gasteiger partial charge in [-0.25, -0.2) is 0 Å². The van der Waals surface area contributed by atoms with Gasteiger partial charge >= 0.3 is 0 Å². The third-order valence-corrected chi connectivity index (χ3v) is 4.01. The fourth-order valence-corrected chi connectivity index (χ4v) is 2.49. The van der Waals surface area contributed by atoms with Crippen molar-refractivity contribution in [1.29, 1.82) is 0 Å². The zero-order valence-electron chi connectivity index (χ0n) is 15.6. The average Bonchev–Trinajstić information content (AvgIpc) is 2.67. The van der Waals surface area contributed by atoms with Crippen molar-refractivity contribution < 1.29 is 14.3 Å². The minimum absolute atomic E-state index is 0.0306. The second-order valence-electron chi connectivity index (χ2n) is 6.07. The molecule has 26 heavy (non-hydrogen) atoms. The average molecular weight is 354 g/mol. The summed E-state index contributed by atoms with van der Waals surface area (Å²) in [5.74, 6) is 0.518. The molecule has 1 N–H and O–H groups in total. The van der Waals surface area contributed by atoms with E-state index in [1.54, 1.807) is 48.3 Å². The third kappa shape index (κ3) is 5.34. The van der Waals surface area contributed by atoms with Crippen molar-refractivity contribution in [3.8, 4) is 5.75 Å². The minimum Gasteiger partial charge on any atom is -0.494 e. The van der Waals surface area contributed by atoms with E-state index in [9.17, 15) is 9.59 Å². The van der Waals surface area contributed by atoms with Crippen LogP contribution in [0.5, 0.6) is 5.75 Å². The van der Waals surface area contributed by atoms with E-state index in [0.29, 0.717) is 23.4 Å². The van der Waals surface area contributed by atoms with Crippen molar-refractivity contribution in [1.82, 2.24) is 4.90 Å². The van der Waals surface area contributed by atoms with Crippen LogP contribution in [0.1, 0.15) is 47.4 Å². The van der Waals surface area contributed by atoms with Gasteiger partial charge in [0, 0.05) is 30.4 Å². The van der Waals surface area contributed by atoms with E-state index in [4.69, 9.17) is 4.74 Å². The Kier molecular flexibility index (Phi) is 7.21. The van der Waals surface area contributed by atoms with Crippen LogP contribution in [0.4, 0.5) is 5.69 Å². The van der Waals surface area contributed by atoms with E-state index in [2.05, 4.69) is 12.2 Å². The Morgan fingerprint density at radius 3 is 2.15 bits per heavy atom. The fraction of sp³-hybridized carbons (Fsp3) is 0.333. The molecule has 0 aliphatic rings. The molecule has 0 spiro atoms. The highest BCUT2D eigenvalue weighted by Gasteiger charge is 2.12. The zero-order chi connectivity index (χ0) is 18.9. The summed E-state index contributed by atoms with van der Waals surface area (Å²) in [5.41, 5.74) is 1.78. The Morgan fingerprint density at radius 2 is 1.58 bits per heavy atom. The van der Waals surface area contributed by atoms with Crippen molar-refractivity contribution in [2.45, 2.75) is 26.7 Å². The molecule has 2 rings (SSSR count). The molecule has 0 saturated carbocycles. The first kappa shape index (κ1) is 19.5. The lowest BCUT2D eigenvalue weighted by Gasteiger charge is -2.16. The number of rotatable bonds is 8. The Labute approximate surface area is 155 Å². The van der Waals surface area contributed by atoms with Crippen LogP contribution in [0.25, 0.3) is 0 Å². The molecule has 0 heterocycles. The maximum atomic E-state index is 12.3. The number of ether oxygens (including phenoxy) is 1. The third-order valence-electron chi connectivity index (χ3n) is 4.01. The minimum atomic E-state index is -0.215. The molecular formula is C21H26N2O3. The van der Waals surface area contributed by atoms with E-state index >= 15 is 0 Å². The van der Waals surface area contributed by atoms with Gasteiger partial charge in [-0.1, -0.05) is 13.3 Å². The highest BCUT2D eigenvalue weighted by Crippen LogP contribution is 2.17. The summed E-state index contributed by atoms with van der Waals surface area (Å²) in [7, 11) is 1.80. The number of carbonyl (C=O) groups excluding carboxylic acids is 2. The predicted molar refractivity (Wildman–Crippen MR) is 104 cm³/mol. The zero-order valence-corrected chi connectivity index (χ0v) is 15.6. The summed E-state index contributed by atoms with van der Waals surface area (Å²) in [6.45, 7) is 5.35. The SMILES string of the molecule is CCCCN(C)C(=O)c1ccc(C(=O)Nc2ccc(OCC)cc2)cc1. The van der Waals surface area contributed by atoms with E-state index in [1.807, 2.05) is 19.1 Å². The van der Waals surface area contributed by atoms with Crippen LogP contribution < -0.4 is 10.1 Å². The molecule has 0 aliphatic heterocycles. The first-order chi connectivity index (χ1) is 12.5. The van der Waals surface area contributed by atoms with Gasteiger partial charge in [0.2, 0.25) is 0 Å². The van der Waals surface area contributed by atoms with Crippen LogP contribution in [0, 0.1) is 0 Å². The molecule has 0 fully saturated rings. The summed E-state index contributed by atoms with van der Waals surface area (Å²) in [6, 6.07) is 13.9. The van der Waals surface area contributed by atoms with Crippen LogP contribution in [-0.4, -0.2) is 36.9 Å². The standard InChI is InChI=1S/C21H26N2O3/c1-4-6-15-23(3)21(25)17-9-7-16(8-10-17)20(24)22-18-11-13-19(14-12-18)26-5-2/h7-14H,4-6,15H2,1-3H3,(H,22,24). The van der Waals surface area contributed by atoms with Gasteiger partial charge in [-0.05, 0) is 61.9 Å². The molecule has 5 heteroatoms. The molecule has 2 aromatic carbocycles. The molecule has 138 valence electrons. The molecule has 5 nitrogen and oxygen atoms in total. The van der Waals surface area contributed by atoms with Crippen molar-refractivity contribution in [3.63, 3.8) is 0 Å². The number of benzene rings is 2. The van der Waals surface area contributed by atoms with E-state index < -0.39 is 0 Å². The normalized spacial score (nSPS) is 10.3. The van der Waals surface area contributed by atoms with E-state index in [1.165, 1.54) is 0 Å². The van der Waals surface area contributed by atoms with Crippen LogP contribution in [-0.2, 0) is 0 Å². The molecule has 2 amide bonds. The molecule has 0 aromatic heterocycles. The number of nitrogens with one attached hydrogen (secondary N) is 1. The maximum Gasteiger partial charge on any atom is 0.255 e. The molecule has 0 saturated heterocycles. The van der Waals surface area contributed by atoms with Crippen molar-refractivity contribution in [2.24, 2.45) is 0 Å². The summed E-state index contributed by atoms with van der Waals surface area (Å²) in [4.78, 5) is 26.4. The number of amides is 2. The highest BCUT2D eigenvalue weighted by molar-refractivity contribution is 6.05. The van der Waals surface area contributed by atoms with Gasteiger partial charge < -0.3 is 15.0 Å². The van der Waals surface area contributed by atoms with Crippen LogP contribution in [0.15, 0.2) is 48.5 Å². The van der Waals surface area contributed by atoms with Crippen LogP contribution >= 0.6 is 0 Å². The van der Waals surface area contributed by atoms with E-state index in [-0.39, 0.29) is 11.8 Å². The monoisotopic (exact) mass is 354 g/mol. The Hall–Kier alpha value is -2.82. The van der Waals surface area contributed by atoms with Crippen LogP contribution in [0.2, 0.25) is 0 Å². The molecule has 0 atom stereocenters. The van der Waals surface area contributed by atoms with Crippen molar-refractivity contribution in [2.75, 3.05) is 25.5 Å². The second-order valence-corrected chi connectivity index (χ2v) is 6.07. The number of carbonyl (C=O) groups is 2. The largest absolute Gasteiger partial charge is 0.494 e. The van der Waals surface area contributed by atoms with Gasteiger partial charge in [-0.2, -0.15) is 0 Å². The first-order valence-corrected chi connectivity index (χ1v) is 8.95. The Bertz CT molecular complexity index is 724. The molecule has 0 bridgehead atoms. The van der Waals surface area contributed by atoms with E-state index in [0.717, 1.165) is 25.1 Å². The molecular weight excluding hydrogens is 328 g/mol. The lowest BCUT2D eigenvalue weighted by Crippen LogP contribution is -2.27. The van der Waals surface area contributed by atoms with Gasteiger partial charge in [0.15, 0.2) is 0 Å². The predicted octanol–water partition coefficient (Wildman–Crippen LogP) is 4.21. The van der Waals surface area contributed by atoms with Gasteiger partial charge in [-0.15, -0.1) is 0 Å². The van der Waals surface area contributed by atoms with Gasteiger partial charge in [-0.3, -0.25) is 9.59 Å². The van der Waals surface area contributed by atoms with Crippen LogP contribution in [0.3, 0.4) is 0 Å².